The van der Waals surface area contributed by atoms with E-state index in [1.807, 2.05) is 24.3 Å². The molecule has 140 valence electrons. The molecular weight excluding hydrogens is 360 g/mol. The van der Waals surface area contributed by atoms with Gasteiger partial charge in [-0.15, -0.1) is 0 Å². The zero-order valence-electron chi connectivity index (χ0n) is 16.0. The molecule has 5 aromatic rings. The fourth-order valence-corrected chi connectivity index (χ4v) is 4.14. The van der Waals surface area contributed by atoms with Gasteiger partial charge in [0.2, 0.25) is 5.89 Å². The first-order valence-electron chi connectivity index (χ1n) is 9.84. The number of aromatic nitrogens is 2. The zero-order valence-corrected chi connectivity index (χ0v) is 16.0. The number of hydrogen-bond acceptors (Lipinski definition) is 3. The lowest BCUT2D eigenvalue weighted by molar-refractivity contribution is -0.681. The van der Waals surface area contributed by atoms with E-state index in [1.54, 1.807) is 0 Å². The van der Waals surface area contributed by atoms with Gasteiger partial charge in [-0.25, -0.2) is 4.98 Å². The summed E-state index contributed by atoms with van der Waals surface area (Å²) in [6, 6.07) is 24.7. The highest BCUT2D eigenvalue weighted by Gasteiger charge is 2.28. The van der Waals surface area contributed by atoms with Gasteiger partial charge < -0.3 is 9.15 Å². The van der Waals surface area contributed by atoms with Crippen molar-refractivity contribution in [2.75, 3.05) is 0 Å². The largest absolute Gasteiger partial charge is 0.477 e. The van der Waals surface area contributed by atoms with Crippen molar-refractivity contribution in [2.24, 2.45) is 0 Å². The molecule has 29 heavy (non-hydrogen) atoms. The highest BCUT2D eigenvalue weighted by Crippen LogP contribution is 2.38. The Kier molecular flexibility index (Phi) is 3.47. The van der Waals surface area contributed by atoms with Crippen molar-refractivity contribution in [3.05, 3.63) is 79.0 Å². The van der Waals surface area contributed by atoms with Crippen molar-refractivity contribution >= 4 is 22.0 Å². The predicted octanol–water partition coefficient (Wildman–Crippen LogP) is 5.38. The first kappa shape index (κ1) is 16.3. The Bertz CT molecular complexity index is 1340. The van der Waals surface area contributed by atoms with E-state index in [0.29, 0.717) is 5.89 Å². The molecule has 1 aliphatic heterocycles. The van der Waals surface area contributed by atoms with E-state index in [-0.39, 0.29) is 6.10 Å². The Balaban J connectivity index is 1.45. The monoisotopic (exact) mass is 379 g/mol. The van der Waals surface area contributed by atoms with Crippen LogP contribution in [0.1, 0.15) is 6.92 Å². The van der Waals surface area contributed by atoms with Crippen LogP contribution in [0.3, 0.4) is 0 Å². The van der Waals surface area contributed by atoms with Crippen LogP contribution in [0.5, 0.6) is 5.75 Å². The van der Waals surface area contributed by atoms with Crippen LogP contribution < -0.4 is 9.30 Å². The maximum Gasteiger partial charge on any atom is 0.255 e. The molecular formula is C25H19N2O2+. The molecule has 1 aliphatic rings. The second-order valence-electron chi connectivity index (χ2n) is 7.53. The van der Waals surface area contributed by atoms with Gasteiger partial charge in [0.1, 0.15) is 5.52 Å². The summed E-state index contributed by atoms with van der Waals surface area (Å²) in [6.07, 6.45) is 2.27. The van der Waals surface area contributed by atoms with Gasteiger partial charge in [0.25, 0.3) is 5.52 Å². The molecule has 0 N–H and O–H groups in total. The Hall–Kier alpha value is -3.66. The summed E-state index contributed by atoms with van der Waals surface area (Å²) in [7, 11) is 0. The van der Waals surface area contributed by atoms with Crippen LogP contribution in [0, 0.1) is 0 Å². The van der Waals surface area contributed by atoms with Gasteiger partial charge in [-0.05, 0) is 55.0 Å². The van der Waals surface area contributed by atoms with Crippen molar-refractivity contribution in [3.8, 4) is 28.3 Å². The van der Waals surface area contributed by atoms with Crippen LogP contribution in [0.15, 0.2) is 83.4 Å². The molecule has 0 spiro atoms. The van der Waals surface area contributed by atoms with Gasteiger partial charge in [-0.2, -0.15) is 4.57 Å². The summed E-state index contributed by atoms with van der Waals surface area (Å²) in [4.78, 5) is 4.60. The summed E-state index contributed by atoms with van der Waals surface area (Å²) in [5.41, 5.74) is 6.02. The number of nitrogens with zero attached hydrogens (tertiary/aromatic N) is 2. The number of para-hydroxylation sites is 2. The third kappa shape index (κ3) is 2.60. The number of ether oxygens (including phenoxy) is 1. The molecule has 0 amide bonds. The molecule has 6 rings (SSSR count). The summed E-state index contributed by atoms with van der Waals surface area (Å²) < 4.78 is 14.5. The summed E-state index contributed by atoms with van der Waals surface area (Å²) in [5.74, 6) is 1.59. The fraction of sp³-hybridized carbons (Fsp3) is 0.120. The predicted molar refractivity (Wildman–Crippen MR) is 113 cm³/mol. The number of pyridine rings is 1. The maximum atomic E-state index is 6.29. The number of fused-ring (bicyclic) bond motifs is 1. The van der Waals surface area contributed by atoms with Gasteiger partial charge in [0, 0.05) is 17.2 Å². The molecule has 3 aromatic carbocycles. The van der Waals surface area contributed by atoms with Gasteiger partial charge in [-0.1, -0.05) is 24.3 Å². The van der Waals surface area contributed by atoms with Crippen molar-refractivity contribution in [1.82, 2.24) is 4.98 Å². The Morgan fingerprint density at radius 1 is 0.897 bits per heavy atom. The zero-order chi connectivity index (χ0) is 19.4. The highest BCUT2D eigenvalue weighted by molar-refractivity contribution is 5.90. The Morgan fingerprint density at radius 2 is 1.72 bits per heavy atom. The van der Waals surface area contributed by atoms with Crippen LogP contribution in [-0.4, -0.2) is 11.1 Å². The summed E-state index contributed by atoms with van der Waals surface area (Å²) in [5, 5.41) is 1.20. The molecule has 0 radical (unpaired) electrons. The van der Waals surface area contributed by atoms with Crippen molar-refractivity contribution in [1.29, 1.82) is 0 Å². The van der Waals surface area contributed by atoms with Gasteiger partial charge in [0.05, 0.1) is 5.39 Å². The minimum atomic E-state index is 0.137. The average Bonchev–Trinajstić information content (AvgIpc) is 3.18. The third-order valence-corrected chi connectivity index (χ3v) is 5.50. The summed E-state index contributed by atoms with van der Waals surface area (Å²) in [6.45, 7) is 2.98. The van der Waals surface area contributed by atoms with E-state index in [9.17, 15) is 0 Å². The quantitative estimate of drug-likeness (QED) is 0.386. The molecule has 0 fully saturated rings. The normalized spacial score (nSPS) is 15.6. The topological polar surface area (TPSA) is 39.1 Å². The number of rotatable bonds is 2. The first-order valence-corrected chi connectivity index (χ1v) is 9.84. The Labute approximate surface area is 168 Å². The first-order chi connectivity index (χ1) is 14.3. The maximum absolute atomic E-state index is 6.29. The molecule has 1 unspecified atom stereocenters. The van der Waals surface area contributed by atoms with E-state index >= 15 is 0 Å². The van der Waals surface area contributed by atoms with Crippen LogP contribution in [-0.2, 0) is 6.54 Å². The van der Waals surface area contributed by atoms with E-state index in [1.165, 1.54) is 5.39 Å². The van der Waals surface area contributed by atoms with Crippen molar-refractivity contribution in [2.45, 2.75) is 19.6 Å². The highest BCUT2D eigenvalue weighted by atomic mass is 16.5. The standard InChI is InChI=1S/C25H19N2O2/c1-16-15-27-14-4-5-18-12-13-20(24(28-16)23(18)27)17-8-10-19(11-9-17)25-26-21-6-2-3-7-22(21)29-25/h2-14,16H,15H2,1H3/q+1. The fourth-order valence-electron chi connectivity index (χ4n) is 4.14. The van der Waals surface area contributed by atoms with Crippen molar-refractivity contribution < 1.29 is 13.7 Å². The Morgan fingerprint density at radius 3 is 2.59 bits per heavy atom. The SMILES string of the molecule is CC1C[n+]2cccc3ccc(-c4ccc(-c5nc6ccccc6o5)cc4)c(c32)O1. The number of oxazole rings is 1. The van der Waals surface area contributed by atoms with E-state index in [0.717, 1.165) is 45.6 Å². The smallest absolute Gasteiger partial charge is 0.255 e. The second-order valence-corrected chi connectivity index (χ2v) is 7.53. The van der Waals surface area contributed by atoms with Crippen molar-refractivity contribution in [3.63, 3.8) is 0 Å². The minimum Gasteiger partial charge on any atom is -0.477 e. The van der Waals surface area contributed by atoms with E-state index in [2.05, 4.69) is 71.2 Å². The molecule has 1 atom stereocenters. The van der Waals surface area contributed by atoms with Crippen LogP contribution in [0.4, 0.5) is 0 Å². The minimum absolute atomic E-state index is 0.137. The molecule has 0 bridgehead atoms. The van der Waals surface area contributed by atoms with Gasteiger partial charge in [0.15, 0.2) is 30.2 Å². The molecule has 0 saturated heterocycles. The van der Waals surface area contributed by atoms with E-state index in [4.69, 9.17) is 9.15 Å². The van der Waals surface area contributed by atoms with Crippen LogP contribution in [0.25, 0.3) is 44.6 Å². The van der Waals surface area contributed by atoms with Gasteiger partial charge in [-0.3, -0.25) is 0 Å². The lowest BCUT2D eigenvalue weighted by Gasteiger charge is -2.21. The molecule has 4 nitrogen and oxygen atoms in total. The molecule has 0 saturated carbocycles. The molecule has 4 heteroatoms. The lowest BCUT2D eigenvalue weighted by Crippen LogP contribution is -2.45. The average molecular weight is 379 g/mol. The molecule has 3 heterocycles. The van der Waals surface area contributed by atoms with Crippen LogP contribution >= 0.6 is 0 Å². The number of hydrogen-bond donors (Lipinski definition) is 0. The second kappa shape index (κ2) is 6.17. The van der Waals surface area contributed by atoms with Gasteiger partial charge >= 0.3 is 0 Å². The molecule has 0 aliphatic carbocycles. The summed E-state index contributed by atoms with van der Waals surface area (Å²) >= 11 is 0. The number of benzene rings is 3. The van der Waals surface area contributed by atoms with Crippen LogP contribution in [0.2, 0.25) is 0 Å². The van der Waals surface area contributed by atoms with E-state index < -0.39 is 0 Å². The lowest BCUT2D eigenvalue weighted by atomic mass is 9.99. The molecule has 2 aromatic heterocycles. The third-order valence-electron chi connectivity index (χ3n) is 5.50.